The minimum Gasteiger partial charge on any atom is -0.437 e. The molecule has 110 valence electrons. The Labute approximate surface area is 125 Å². The van der Waals surface area contributed by atoms with Crippen molar-refractivity contribution in [3.05, 3.63) is 41.5 Å². The number of aliphatic hydroxyl groups excluding tert-OH is 1. The molecule has 0 spiro atoms. The smallest absolute Gasteiger partial charge is 0.244 e. The van der Waals surface area contributed by atoms with Gasteiger partial charge in [0.25, 0.3) is 0 Å². The predicted octanol–water partition coefficient (Wildman–Crippen LogP) is 2.08. The number of hydrogen-bond donors (Lipinski definition) is 1. The Bertz CT molecular complexity index is 896. The van der Waals surface area contributed by atoms with Crippen LogP contribution in [0.2, 0.25) is 0 Å². The van der Waals surface area contributed by atoms with Crippen molar-refractivity contribution in [2.75, 3.05) is 6.26 Å². The molecule has 0 aliphatic heterocycles. The molecule has 1 N–H and O–H groups in total. The Morgan fingerprint density at radius 2 is 2.24 bits per heavy atom. The average Bonchev–Trinajstić information content (AvgIpc) is 2.98. The van der Waals surface area contributed by atoms with Gasteiger partial charge < -0.3 is 9.84 Å². The molecule has 2 heterocycles. The number of benzene rings is 1. The molecule has 0 aliphatic rings. The van der Waals surface area contributed by atoms with Crippen molar-refractivity contribution < 1.29 is 18.3 Å². The lowest BCUT2D eigenvalue weighted by atomic mass is 10.3. The number of fused-ring (bicyclic) bond motifs is 1. The van der Waals surface area contributed by atoms with E-state index in [4.69, 9.17) is 4.74 Å². The fourth-order valence-corrected chi connectivity index (χ4v) is 3.30. The number of thiazole rings is 1. The molecular formula is C13H12N2O4S2. The first kappa shape index (κ1) is 14.1. The summed E-state index contributed by atoms with van der Waals surface area (Å²) in [6.45, 7) is -0.223. The second-order valence-corrected chi connectivity index (χ2v) is 7.32. The Kier molecular flexibility index (Phi) is 3.44. The van der Waals surface area contributed by atoms with E-state index in [9.17, 15) is 13.5 Å². The second-order valence-electron chi connectivity index (χ2n) is 4.43. The molecule has 8 heteroatoms. The van der Waals surface area contributed by atoms with Crippen molar-refractivity contribution >= 4 is 26.1 Å². The maximum Gasteiger partial charge on any atom is 0.244 e. The van der Waals surface area contributed by atoms with Crippen molar-refractivity contribution in [3.8, 4) is 11.6 Å². The molecular weight excluding hydrogens is 312 g/mol. The van der Waals surface area contributed by atoms with Crippen molar-refractivity contribution in [1.82, 2.24) is 9.38 Å². The molecule has 3 aromatic rings. The van der Waals surface area contributed by atoms with Gasteiger partial charge in [-0.25, -0.2) is 8.42 Å². The van der Waals surface area contributed by atoms with Gasteiger partial charge in [0, 0.05) is 17.8 Å². The lowest BCUT2D eigenvalue weighted by Crippen LogP contribution is -1.98. The zero-order valence-corrected chi connectivity index (χ0v) is 12.7. The number of imidazole rings is 1. The molecule has 0 atom stereocenters. The molecule has 6 nitrogen and oxygen atoms in total. The normalized spacial score (nSPS) is 11.9. The van der Waals surface area contributed by atoms with Crippen LogP contribution in [0.3, 0.4) is 0 Å². The number of aromatic nitrogens is 2. The fourth-order valence-electron chi connectivity index (χ4n) is 1.92. The fraction of sp³-hybridized carbons (Fsp3) is 0.154. The maximum absolute atomic E-state index is 11.5. The second kappa shape index (κ2) is 5.14. The minimum absolute atomic E-state index is 0.173. The van der Waals surface area contributed by atoms with Crippen LogP contribution in [0.4, 0.5) is 0 Å². The number of sulfone groups is 1. The van der Waals surface area contributed by atoms with Gasteiger partial charge in [0.2, 0.25) is 5.88 Å². The monoisotopic (exact) mass is 324 g/mol. The summed E-state index contributed by atoms with van der Waals surface area (Å²) in [6, 6.07) is 6.18. The van der Waals surface area contributed by atoms with E-state index in [2.05, 4.69) is 4.98 Å². The maximum atomic E-state index is 11.5. The standard InChI is InChI=1S/C13H12N2O4S2/c1-21(17,18)10-4-2-3-9(7-10)19-12-11(8-16)15-5-6-20-13(15)14-12/h2-7,16H,8H2,1H3. The van der Waals surface area contributed by atoms with Gasteiger partial charge in [0.1, 0.15) is 11.4 Å². The van der Waals surface area contributed by atoms with E-state index in [1.54, 1.807) is 22.7 Å². The summed E-state index contributed by atoms with van der Waals surface area (Å²) < 4.78 is 30.5. The van der Waals surface area contributed by atoms with Crippen molar-refractivity contribution in [2.45, 2.75) is 11.5 Å². The summed E-state index contributed by atoms with van der Waals surface area (Å²) in [5, 5.41) is 11.3. The zero-order chi connectivity index (χ0) is 15.0. The topological polar surface area (TPSA) is 80.9 Å². The van der Waals surface area contributed by atoms with E-state index in [1.807, 2.05) is 5.38 Å². The van der Waals surface area contributed by atoms with Gasteiger partial charge in [-0.05, 0) is 18.2 Å². The molecule has 21 heavy (non-hydrogen) atoms. The Morgan fingerprint density at radius 1 is 1.43 bits per heavy atom. The van der Waals surface area contributed by atoms with Gasteiger partial charge in [-0.2, -0.15) is 4.98 Å². The van der Waals surface area contributed by atoms with Crippen LogP contribution in [0.5, 0.6) is 11.6 Å². The van der Waals surface area contributed by atoms with Crippen LogP contribution in [0.1, 0.15) is 5.69 Å². The molecule has 0 aliphatic carbocycles. The third-order valence-electron chi connectivity index (χ3n) is 2.92. The highest BCUT2D eigenvalue weighted by Gasteiger charge is 2.15. The summed E-state index contributed by atoms with van der Waals surface area (Å²) in [5.74, 6) is 0.633. The van der Waals surface area contributed by atoms with Gasteiger partial charge in [-0.1, -0.05) is 6.07 Å². The van der Waals surface area contributed by atoms with Crippen molar-refractivity contribution in [1.29, 1.82) is 0 Å². The molecule has 0 saturated heterocycles. The SMILES string of the molecule is CS(=O)(=O)c1cccc(Oc2nc3sccn3c2CO)c1. The zero-order valence-electron chi connectivity index (χ0n) is 11.1. The third-order valence-corrected chi connectivity index (χ3v) is 4.79. The number of nitrogens with zero attached hydrogens (tertiary/aromatic N) is 2. The molecule has 0 unspecified atom stereocenters. The summed E-state index contributed by atoms with van der Waals surface area (Å²) in [7, 11) is -3.30. The van der Waals surface area contributed by atoms with Gasteiger partial charge in [-0.15, -0.1) is 11.3 Å². The molecule has 3 rings (SSSR count). The van der Waals surface area contributed by atoms with Crippen LogP contribution >= 0.6 is 11.3 Å². The van der Waals surface area contributed by atoms with Gasteiger partial charge in [-0.3, -0.25) is 4.40 Å². The van der Waals surface area contributed by atoms with Gasteiger partial charge in [0.15, 0.2) is 14.8 Å². The third kappa shape index (κ3) is 2.65. The van der Waals surface area contributed by atoms with E-state index in [0.29, 0.717) is 16.4 Å². The first-order valence-corrected chi connectivity index (χ1v) is 8.79. The molecule has 2 aromatic heterocycles. The van der Waals surface area contributed by atoms with Crippen LogP contribution in [-0.2, 0) is 16.4 Å². The lowest BCUT2D eigenvalue weighted by molar-refractivity contribution is 0.270. The minimum atomic E-state index is -3.30. The predicted molar refractivity (Wildman–Crippen MR) is 78.6 cm³/mol. The Balaban J connectivity index is 2.00. The molecule has 0 fully saturated rings. The van der Waals surface area contributed by atoms with Crippen molar-refractivity contribution in [2.24, 2.45) is 0 Å². The van der Waals surface area contributed by atoms with Gasteiger partial charge in [0.05, 0.1) is 11.5 Å². The van der Waals surface area contributed by atoms with E-state index < -0.39 is 9.84 Å². The van der Waals surface area contributed by atoms with Gasteiger partial charge >= 0.3 is 0 Å². The number of ether oxygens (including phenoxy) is 1. The first-order chi connectivity index (χ1) is 9.99. The molecule has 0 radical (unpaired) electrons. The highest BCUT2D eigenvalue weighted by Crippen LogP contribution is 2.29. The van der Waals surface area contributed by atoms with Crippen LogP contribution in [0.25, 0.3) is 4.96 Å². The molecule has 1 aromatic carbocycles. The largest absolute Gasteiger partial charge is 0.437 e. The summed E-state index contributed by atoms with van der Waals surface area (Å²) in [6.07, 6.45) is 2.93. The lowest BCUT2D eigenvalue weighted by Gasteiger charge is -2.06. The van der Waals surface area contributed by atoms with Crippen LogP contribution in [-0.4, -0.2) is 29.2 Å². The Morgan fingerprint density at radius 3 is 2.95 bits per heavy atom. The molecule has 0 amide bonds. The number of hydrogen-bond acceptors (Lipinski definition) is 6. The highest BCUT2D eigenvalue weighted by atomic mass is 32.2. The van der Waals surface area contributed by atoms with Crippen molar-refractivity contribution in [3.63, 3.8) is 0 Å². The highest BCUT2D eigenvalue weighted by molar-refractivity contribution is 7.90. The Hall–Kier alpha value is -1.90. The van der Waals surface area contributed by atoms with Crippen LogP contribution in [0.15, 0.2) is 40.7 Å². The van der Waals surface area contributed by atoms with Crippen LogP contribution in [0, 0.1) is 0 Å². The van der Waals surface area contributed by atoms with E-state index in [1.165, 1.54) is 23.5 Å². The molecule has 0 saturated carbocycles. The number of aliphatic hydroxyl groups is 1. The quantitative estimate of drug-likeness (QED) is 0.795. The van der Waals surface area contributed by atoms with E-state index in [0.717, 1.165) is 6.26 Å². The van der Waals surface area contributed by atoms with E-state index >= 15 is 0 Å². The van der Waals surface area contributed by atoms with Crippen LogP contribution < -0.4 is 4.74 Å². The summed E-state index contributed by atoms with van der Waals surface area (Å²) in [5.41, 5.74) is 0.524. The molecule has 0 bridgehead atoms. The van der Waals surface area contributed by atoms with E-state index in [-0.39, 0.29) is 17.4 Å². The summed E-state index contributed by atoms with van der Waals surface area (Å²) in [4.78, 5) is 5.16. The summed E-state index contributed by atoms with van der Waals surface area (Å²) >= 11 is 1.42. The first-order valence-electron chi connectivity index (χ1n) is 6.02. The number of rotatable bonds is 4. The average molecular weight is 324 g/mol.